The molecule has 3 saturated carbocycles. The Morgan fingerprint density at radius 2 is 1.88 bits per heavy atom. The number of fused-ring (bicyclic) bond motifs is 1. The van der Waals surface area contributed by atoms with Crippen LogP contribution in [-0.4, -0.2) is 66.1 Å². The van der Waals surface area contributed by atoms with Gasteiger partial charge in [0.25, 0.3) is 6.43 Å². The molecule has 0 spiro atoms. The molecule has 0 amide bonds. The Morgan fingerprint density at radius 1 is 1.15 bits per heavy atom. The largest absolute Gasteiger partial charge is 0.393 e. The topological polar surface area (TPSA) is 52.9 Å². The second kappa shape index (κ2) is 10.8. The molecule has 1 aliphatic heterocycles. The molecule has 0 aromatic heterocycles. The summed E-state index contributed by atoms with van der Waals surface area (Å²) in [6, 6.07) is 0. The molecular formula is C27H43F2NO3. The van der Waals surface area contributed by atoms with Crippen molar-refractivity contribution in [3.63, 3.8) is 0 Å². The average Bonchev–Trinajstić information content (AvgIpc) is 3.07. The van der Waals surface area contributed by atoms with Gasteiger partial charge in [-0.25, -0.2) is 8.78 Å². The molecule has 0 bridgehead atoms. The van der Waals surface area contributed by atoms with Crippen LogP contribution in [0.15, 0.2) is 23.3 Å². The lowest BCUT2D eigenvalue weighted by atomic mass is 9.61. The highest BCUT2D eigenvalue weighted by atomic mass is 19.3. The van der Waals surface area contributed by atoms with Gasteiger partial charge in [0.15, 0.2) is 0 Å². The minimum Gasteiger partial charge on any atom is -0.393 e. The van der Waals surface area contributed by atoms with Crippen molar-refractivity contribution in [3.8, 4) is 0 Å². The average molecular weight is 468 g/mol. The molecule has 0 radical (unpaired) electrons. The minimum absolute atomic E-state index is 0.0192. The maximum absolute atomic E-state index is 12.3. The van der Waals surface area contributed by atoms with Crippen molar-refractivity contribution >= 4 is 0 Å². The first-order valence-electron chi connectivity index (χ1n) is 13.1. The molecule has 188 valence electrons. The highest BCUT2D eigenvalue weighted by Gasteiger charge is 2.50. The fraction of sp³-hybridized carbons (Fsp3) is 0.852. The lowest BCUT2D eigenvalue weighted by Gasteiger charge is -2.45. The summed E-state index contributed by atoms with van der Waals surface area (Å²) in [5.74, 6) is 2.02. The second-order valence-electron chi connectivity index (χ2n) is 11.5. The van der Waals surface area contributed by atoms with E-state index in [4.69, 9.17) is 4.74 Å². The predicted molar refractivity (Wildman–Crippen MR) is 126 cm³/mol. The molecule has 2 N–H and O–H groups in total. The van der Waals surface area contributed by atoms with Gasteiger partial charge in [0.05, 0.1) is 18.3 Å². The number of allylic oxidation sites excluding steroid dienone is 3. The summed E-state index contributed by atoms with van der Waals surface area (Å²) in [6.45, 7) is 7.09. The highest BCUT2D eigenvalue weighted by Crippen LogP contribution is 2.59. The zero-order valence-electron chi connectivity index (χ0n) is 20.4. The van der Waals surface area contributed by atoms with Gasteiger partial charge in [0.2, 0.25) is 0 Å². The van der Waals surface area contributed by atoms with Gasteiger partial charge < -0.3 is 14.9 Å². The van der Waals surface area contributed by atoms with E-state index in [-0.39, 0.29) is 6.10 Å². The van der Waals surface area contributed by atoms with Crippen molar-refractivity contribution in [1.29, 1.82) is 0 Å². The number of halogens is 2. The van der Waals surface area contributed by atoms with Gasteiger partial charge in [-0.2, -0.15) is 0 Å². The van der Waals surface area contributed by atoms with Crippen molar-refractivity contribution in [1.82, 2.24) is 4.90 Å². The maximum Gasteiger partial charge on any atom is 0.261 e. The van der Waals surface area contributed by atoms with Crippen LogP contribution in [0.2, 0.25) is 0 Å². The van der Waals surface area contributed by atoms with E-state index in [1.807, 2.05) is 0 Å². The molecule has 1 unspecified atom stereocenters. The first kappa shape index (κ1) is 25.3. The normalized spacial score (nSPS) is 37.9. The number of nitrogens with zero attached hydrogens (tertiary/aromatic N) is 1. The lowest BCUT2D eigenvalue weighted by Crippen LogP contribution is -2.53. The summed E-state index contributed by atoms with van der Waals surface area (Å²) < 4.78 is 29.8. The van der Waals surface area contributed by atoms with Gasteiger partial charge in [-0.15, -0.1) is 0 Å². The van der Waals surface area contributed by atoms with Gasteiger partial charge >= 0.3 is 0 Å². The minimum atomic E-state index is -2.37. The van der Waals surface area contributed by atoms with Crippen LogP contribution in [0.25, 0.3) is 0 Å². The van der Waals surface area contributed by atoms with E-state index in [0.29, 0.717) is 36.5 Å². The van der Waals surface area contributed by atoms with Gasteiger partial charge in [-0.3, -0.25) is 4.90 Å². The Hall–Kier alpha value is -0.820. The Morgan fingerprint density at radius 3 is 2.58 bits per heavy atom. The Kier molecular flexibility index (Phi) is 8.31. The lowest BCUT2D eigenvalue weighted by molar-refractivity contribution is -0.0895. The Labute approximate surface area is 198 Å². The van der Waals surface area contributed by atoms with Crippen LogP contribution in [0.5, 0.6) is 0 Å². The van der Waals surface area contributed by atoms with E-state index in [0.717, 1.165) is 32.0 Å². The van der Waals surface area contributed by atoms with Crippen LogP contribution >= 0.6 is 0 Å². The fourth-order valence-corrected chi connectivity index (χ4v) is 7.35. The van der Waals surface area contributed by atoms with Gasteiger partial charge in [-0.1, -0.05) is 37.1 Å². The summed E-state index contributed by atoms with van der Waals surface area (Å²) in [4.78, 5) is 2.34. The smallest absolute Gasteiger partial charge is 0.261 e. The van der Waals surface area contributed by atoms with Crippen LogP contribution in [-0.2, 0) is 4.74 Å². The number of likely N-dealkylation sites (tertiary alicyclic amines) is 1. The SMILES string of the molecule is CC(CCN1CC(OCC(F)F)C1)[C@H]1CC[C@H]2/C(=C/C=C3C[C@@H](O)C[C@H](O)C3)CCC[C@]12C. The van der Waals surface area contributed by atoms with Crippen molar-refractivity contribution < 1.29 is 23.7 Å². The number of alkyl halides is 2. The van der Waals surface area contributed by atoms with Crippen molar-refractivity contribution in [3.05, 3.63) is 23.3 Å². The monoisotopic (exact) mass is 467 g/mol. The summed E-state index contributed by atoms with van der Waals surface area (Å²) in [5.41, 5.74) is 3.10. The van der Waals surface area contributed by atoms with Crippen LogP contribution in [0.3, 0.4) is 0 Å². The molecule has 4 rings (SSSR count). The molecule has 0 aromatic carbocycles. The van der Waals surface area contributed by atoms with Crippen LogP contribution in [0.1, 0.15) is 71.6 Å². The van der Waals surface area contributed by atoms with E-state index in [9.17, 15) is 19.0 Å². The van der Waals surface area contributed by atoms with Crippen LogP contribution in [0, 0.1) is 23.2 Å². The van der Waals surface area contributed by atoms with E-state index in [2.05, 4.69) is 30.9 Å². The predicted octanol–water partition coefficient (Wildman–Crippen LogP) is 4.95. The third-order valence-corrected chi connectivity index (χ3v) is 9.08. The van der Waals surface area contributed by atoms with Crippen molar-refractivity contribution in [2.45, 2.75) is 96.4 Å². The molecular weight excluding hydrogens is 424 g/mol. The molecule has 4 fully saturated rings. The summed E-state index contributed by atoms with van der Waals surface area (Å²) >= 11 is 0. The molecule has 1 saturated heterocycles. The van der Waals surface area contributed by atoms with Crippen molar-refractivity contribution in [2.75, 3.05) is 26.2 Å². The molecule has 4 nitrogen and oxygen atoms in total. The standard InChI is InChI=1S/C27H43F2NO3/c1-18(9-11-30-15-23(16-30)33-17-26(28)29)24-7-8-25-20(4-3-10-27(24,25)2)6-5-19-12-21(31)14-22(32)13-19/h5-6,18,21-26,31-32H,3-4,7-17H2,1-2H3/b20-6+/t18?,21-,22-,24-,25+,27-/m1/s1. The number of hydrogen-bond donors (Lipinski definition) is 2. The van der Waals surface area contributed by atoms with Crippen LogP contribution < -0.4 is 0 Å². The molecule has 3 aliphatic carbocycles. The highest BCUT2D eigenvalue weighted by molar-refractivity contribution is 5.26. The molecule has 1 heterocycles. The third kappa shape index (κ3) is 6.06. The molecule has 0 aromatic rings. The van der Waals surface area contributed by atoms with Crippen molar-refractivity contribution in [2.24, 2.45) is 23.2 Å². The number of hydrogen-bond acceptors (Lipinski definition) is 4. The molecule has 4 aliphatic rings. The number of aliphatic hydroxyl groups excluding tert-OH is 2. The van der Waals surface area contributed by atoms with Crippen LogP contribution in [0.4, 0.5) is 8.78 Å². The number of ether oxygens (including phenoxy) is 1. The molecule has 6 heteroatoms. The Balaban J connectivity index is 1.30. The third-order valence-electron chi connectivity index (χ3n) is 9.08. The summed E-state index contributed by atoms with van der Waals surface area (Å²) in [5, 5.41) is 20.0. The second-order valence-corrected chi connectivity index (χ2v) is 11.5. The van der Waals surface area contributed by atoms with E-state index in [1.54, 1.807) is 5.57 Å². The summed E-state index contributed by atoms with van der Waals surface area (Å²) in [7, 11) is 0. The number of aliphatic hydroxyl groups is 2. The quantitative estimate of drug-likeness (QED) is 0.530. The zero-order valence-corrected chi connectivity index (χ0v) is 20.4. The van der Waals surface area contributed by atoms with Gasteiger partial charge in [-0.05, 0) is 87.5 Å². The fourth-order valence-electron chi connectivity index (χ4n) is 7.35. The van der Waals surface area contributed by atoms with Gasteiger partial charge in [0, 0.05) is 13.1 Å². The first-order valence-corrected chi connectivity index (χ1v) is 13.1. The summed E-state index contributed by atoms with van der Waals surface area (Å²) in [6.07, 6.45) is 10.6. The molecule has 6 atom stereocenters. The Bertz CT molecular complexity index is 708. The molecule has 33 heavy (non-hydrogen) atoms. The number of rotatable bonds is 8. The maximum atomic E-state index is 12.3. The van der Waals surface area contributed by atoms with E-state index in [1.165, 1.54) is 37.7 Å². The van der Waals surface area contributed by atoms with E-state index >= 15 is 0 Å². The van der Waals surface area contributed by atoms with E-state index < -0.39 is 25.2 Å². The van der Waals surface area contributed by atoms with Gasteiger partial charge in [0.1, 0.15) is 6.61 Å². The zero-order chi connectivity index (χ0) is 23.6. The first-order chi connectivity index (χ1) is 15.7.